The predicted octanol–water partition coefficient (Wildman–Crippen LogP) is -0.305. The Bertz CT molecular complexity index is 387. The normalized spacial score (nSPS) is 11.0. The van der Waals surface area contributed by atoms with Gasteiger partial charge in [0.15, 0.2) is 11.8 Å². The van der Waals surface area contributed by atoms with E-state index >= 15 is 0 Å². The minimum absolute atomic E-state index is 0.0515. The molecule has 74 valence electrons. The van der Waals surface area contributed by atoms with Crippen LogP contribution in [0.25, 0.3) is 0 Å². The van der Waals surface area contributed by atoms with Crippen molar-refractivity contribution in [2.45, 2.75) is 0 Å². The van der Waals surface area contributed by atoms with Gasteiger partial charge in [-0.3, -0.25) is 0 Å². The average molecular weight is 211 g/mol. The number of rotatable bonds is 2. The molecule has 0 amide bonds. The molecule has 0 aromatic carbocycles. The summed E-state index contributed by atoms with van der Waals surface area (Å²) in [7, 11) is 0. The summed E-state index contributed by atoms with van der Waals surface area (Å²) in [4.78, 5) is 14.9. The molecular weight excluding hydrogens is 202 g/mol. The van der Waals surface area contributed by atoms with Crippen molar-refractivity contribution in [2.75, 3.05) is 0 Å². The van der Waals surface area contributed by atoms with Crippen molar-refractivity contribution < 1.29 is 0 Å². The number of aromatic nitrogens is 1. The topological polar surface area (TPSA) is 128 Å². The van der Waals surface area contributed by atoms with Crippen LogP contribution < -0.4 is 17.2 Å². The molecule has 0 aliphatic heterocycles. The first-order valence-corrected chi connectivity index (χ1v) is 4.36. The molecule has 6 N–H and O–H groups in total. The molecular formula is C6H9N7S. The molecule has 1 aromatic heterocycles. The summed E-state index contributed by atoms with van der Waals surface area (Å²) in [6, 6.07) is 0. The molecule has 7 nitrogen and oxygen atoms in total. The molecule has 1 rings (SSSR count). The Hall–Kier alpha value is -1.96. The Morgan fingerprint density at radius 1 is 1.36 bits per heavy atom. The fourth-order valence-corrected chi connectivity index (χ4v) is 1.23. The summed E-state index contributed by atoms with van der Waals surface area (Å²) in [6.45, 7) is 3.22. The van der Waals surface area contributed by atoms with Crippen molar-refractivity contribution in [3.05, 3.63) is 5.38 Å². The summed E-state index contributed by atoms with van der Waals surface area (Å²) in [5.74, 6) is 0.391. The van der Waals surface area contributed by atoms with Crippen molar-refractivity contribution >= 4 is 40.9 Å². The van der Waals surface area contributed by atoms with Crippen LogP contribution in [0.1, 0.15) is 0 Å². The van der Waals surface area contributed by atoms with Gasteiger partial charge in [-0.25, -0.2) is 4.99 Å². The Morgan fingerprint density at radius 3 is 2.64 bits per heavy atom. The minimum Gasteiger partial charge on any atom is -0.370 e. The van der Waals surface area contributed by atoms with Crippen LogP contribution in [0.15, 0.2) is 20.4 Å². The highest BCUT2D eigenvalue weighted by atomic mass is 32.1. The zero-order valence-electron chi connectivity index (χ0n) is 7.21. The van der Waals surface area contributed by atoms with Gasteiger partial charge in [-0.15, -0.1) is 11.3 Å². The third-order valence-electron chi connectivity index (χ3n) is 1.10. The molecule has 0 spiro atoms. The van der Waals surface area contributed by atoms with E-state index in [0.29, 0.717) is 10.9 Å². The molecule has 0 fully saturated rings. The second kappa shape index (κ2) is 4.33. The summed E-state index contributed by atoms with van der Waals surface area (Å²) >= 11 is 1.25. The van der Waals surface area contributed by atoms with Crippen LogP contribution in [-0.2, 0) is 0 Å². The zero-order valence-corrected chi connectivity index (χ0v) is 8.03. The van der Waals surface area contributed by atoms with Crippen LogP contribution in [0.4, 0.5) is 10.9 Å². The number of nitrogens with zero attached hydrogens (tertiary/aromatic N) is 4. The molecule has 1 heterocycles. The Kier molecular flexibility index (Phi) is 3.13. The Balaban J connectivity index is 2.89. The number of aliphatic imine (C=N–C) groups is 3. The van der Waals surface area contributed by atoms with E-state index in [-0.39, 0.29) is 11.9 Å². The van der Waals surface area contributed by atoms with Gasteiger partial charge in [0, 0.05) is 5.38 Å². The summed E-state index contributed by atoms with van der Waals surface area (Å²) in [5, 5.41) is 2.07. The van der Waals surface area contributed by atoms with Gasteiger partial charge in [-0.2, -0.15) is 15.0 Å². The predicted molar refractivity (Wildman–Crippen MR) is 58.4 cm³/mol. The molecule has 0 aliphatic carbocycles. The van der Waals surface area contributed by atoms with Crippen LogP contribution in [0.3, 0.4) is 0 Å². The Morgan fingerprint density at radius 2 is 2.07 bits per heavy atom. The van der Waals surface area contributed by atoms with Gasteiger partial charge in [-0.05, 0) is 6.72 Å². The van der Waals surface area contributed by atoms with Gasteiger partial charge < -0.3 is 17.2 Å². The lowest BCUT2D eigenvalue weighted by atomic mass is 10.8. The molecule has 1 aromatic rings. The smallest absolute Gasteiger partial charge is 0.222 e. The highest BCUT2D eigenvalue weighted by Crippen LogP contribution is 2.23. The molecule has 0 unspecified atom stereocenters. The molecule has 0 radical (unpaired) electrons. The first kappa shape index (κ1) is 10.1. The van der Waals surface area contributed by atoms with E-state index in [9.17, 15) is 0 Å². The number of nitrogens with two attached hydrogens (primary N) is 3. The van der Waals surface area contributed by atoms with E-state index in [2.05, 4.69) is 26.7 Å². The maximum atomic E-state index is 5.32. The van der Waals surface area contributed by atoms with E-state index < -0.39 is 0 Å². The van der Waals surface area contributed by atoms with Crippen LogP contribution in [0.2, 0.25) is 0 Å². The zero-order chi connectivity index (χ0) is 10.6. The number of guanidine groups is 2. The van der Waals surface area contributed by atoms with Crippen LogP contribution in [0, 0.1) is 0 Å². The first-order valence-electron chi connectivity index (χ1n) is 3.48. The van der Waals surface area contributed by atoms with Crippen molar-refractivity contribution in [3.8, 4) is 0 Å². The number of hydrogen-bond acceptors (Lipinski definition) is 4. The molecule has 0 bridgehead atoms. The SMILES string of the molecule is C=NC(N)=Nc1nc(N=C(N)N)cs1. The van der Waals surface area contributed by atoms with Crippen molar-refractivity contribution in [2.24, 2.45) is 32.2 Å². The van der Waals surface area contributed by atoms with Gasteiger partial charge >= 0.3 is 0 Å². The van der Waals surface area contributed by atoms with Crippen molar-refractivity contribution in [1.82, 2.24) is 4.98 Å². The lowest BCUT2D eigenvalue weighted by Crippen LogP contribution is -2.21. The average Bonchev–Trinajstić information content (AvgIpc) is 2.51. The lowest BCUT2D eigenvalue weighted by Gasteiger charge is -1.87. The van der Waals surface area contributed by atoms with Gasteiger partial charge in [0.05, 0.1) is 0 Å². The molecule has 14 heavy (non-hydrogen) atoms. The van der Waals surface area contributed by atoms with E-state index in [1.54, 1.807) is 5.38 Å². The third-order valence-corrected chi connectivity index (χ3v) is 1.82. The molecule has 0 saturated carbocycles. The van der Waals surface area contributed by atoms with Gasteiger partial charge in [0.25, 0.3) is 0 Å². The lowest BCUT2D eigenvalue weighted by molar-refractivity contribution is 1.28. The quantitative estimate of drug-likeness (QED) is 0.458. The fraction of sp³-hybridized carbons (Fsp3) is 0. The first-order chi connectivity index (χ1) is 6.61. The number of thiazole rings is 1. The second-order valence-electron chi connectivity index (χ2n) is 2.15. The molecule has 0 aliphatic rings. The highest BCUT2D eigenvalue weighted by Gasteiger charge is 1.99. The van der Waals surface area contributed by atoms with E-state index in [0.717, 1.165) is 0 Å². The highest BCUT2D eigenvalue weighted by molar-refractivity contribution is 7.13. The largest absolute Gasteiger partial charge is 0.370 e. The van der Waals surface area contributed by atoms with E-state index in [1.807, 2.05) is 0 Å². The monoisotopic (exact) mass is 211 g/mol. The number of hydrogen-bond donors (Lipinski definition) is 3. The fourth-order valence-electron chi connectivity index (χ4n) is 0.624. The molecule has 0 saturated heterocycles. The van der Waals surface area contributed by atoms with Crippen LogP contribution >= 0.6 is 11.3 Å². The van der Waals surface area contributed by atoms with E-state index in [4.69, 9.17) is 17.2 Å². The van der Waals surface area contributed by atoms with Gasteiger partial charge in [-0.1, -0.05) is 0 Å². The summed E-state index contributed by atoms with van der Waals surface area (Å²) < 4.78 is 0. The minimum atomic E-state index is -0.0550. The van der Waals surface area contributed by atoms with E-state index in [1.165, 1.54) is 11.3 Å². The summed E-state index contributed by atoms with van der Waals surface area (Å²) in [6.07, 6.45) is 0. The maximum absolute atomic E-state index is 5.32. The molecule has 8 heteroatoms. The maximum Gasteiger partial charge on any atom is 0.222 e. The third kappa shape index (κ3) is 2.83. The van der Waals surface area contributed by atoms with Crippen LogP contribution in [-0.4, -0.2) is 23.6 Å². The Labute approximate surface area is 84.1 Å². The van der Waals surface area contributed by atoms with Gasteiger partial charge in [0.2, 0.25) is 11.1 Å². The molecule has 0 atom stereocenters. The standard InChI is InChI=1S/C6H9N7S/c1-10-5(9)13-6-12-3(2-14-6)11-4(7)8/h2H,1H2,(H4,7,8,11)(H2,9,12,13). The van der Waals surface area contributed by atoms with Gasteiger partial charge in [0.1, 0.15) is 0 Å². The summed E-state index contributed by atoms with van der Waals surface area (Å²) in [5.41, 5.74) is 15.6. The second-order valence-corrected chi connectivity index (χ2v) is 2.99. The van der Waals surface area contributed by atoms with Crippen LogP contribution in [0.5, 0.6) is 0 Å². The van der Waals surface area contributed by atoms with Crippen molar-refractivity contribution in [1.29, 1.82) is 0 Å². The van der Waals surface area contributed by atoms with Crippen molar-refractivity contribution in [3.63, 3.8) is 0 Å².